The van der Waals surface area contributed by atoms with Gasteiger partial charge in [0, 0.05) is 24.3 Å². The summed E-state index contributed by atoms with van der Waals surface area (Å²) in [5.74, 6) is 0. The zero-order valence-electron chi connectivity index (χ0n) is 11.1. The highest BCUT2D eigenvalue weighted by Crippen LogP contribution is 2.27. The van der Waals surface area contributed by atoms with E-state index >= 15 is 0 Å². The summed E-state index contributed by atoms with van der Waals surface area (Å²) >= 11 is 0. The zero-order valence-corrected chi connectivity index (χ0v) is 11.1. The van der Waals surface area contributed by atoms with E-state index in [4.69, 9.17) is 10.8 Å². The highest BCUT2D eigenvalue weighted by Gasteiger charge is 2.16. The van der Waals surface area contributed by atoms with Gasteiger partial charge in [0.1, 0.15) is 0 Å². The fourth-order valence-electron chi connectivity index (χ4n) is 2.05. The van der Waals surface area contributed by atoms with Crippen LogP contribution in [0.1, 0.15) is 38.8 Å². The fraction of sp³-hybridized carbons (Fsp3) is 0.571. The zero-order chi connectivity index (χ0) is 12.8. The standard InChI is InChI=1S/C14H24N2O/c1-4-13(15)12-7-5-6-8-14(12)16(9-10-17)11(2)3/h5-8,11,13,17H,4,9-10,15H2,1-3H3/t13-/m0/s1. The first-order valence-corrected chi connectivity index (χ1v) is 6.33. The van der Waals surface area contributed by atoms with Crippen molar-refractivity contribution in [1.29, 1.82) is 0 Å². The lowest BCUT2D eigenvalue weighted by molar-refractivity contribution is 0.299. The lowest BCUT2D eigenvalue weighted by atomic mass is 10.0. The van der Waals surface area contributed by atoms with Crippen LogP contribution in [0.2, 0.25) is 0 Å². The maximum absolute atomic E-state index is 9.16. The summed E-state index contributed by atoms with van der Waals surface area (Å²) in [6.45, 7) is 7.15. The molecule has 3 nitrogen and oxygen atoms in total. The van der Waals surface area contributed by atoms with Crippen LogP contribution in [0.4, 0.5) is 5.69 Å². The average Bonchev–Trinajstić information content (AvgIpc) is 2.34. The first-order valence-electron chi connectivity index (χ1n) is 6.33. The molecule has 1 rings (SSSR count). The summed E-state index contributed by atoms with van der Waals surface area (Å²) in [6, 6.07) is 8.62. The van der Waals surface area contributed by atoms with Crippen LogP contribution in [0.25, 0.3) is 0 Å². The minimum atomic E-state index is 0.0612. The van der Waals surface area contributed by atoms with Crippen molar-refractivity contribution in [1.82, 2.24) is 0 Å². The molecule has 0 saturated heterocycles. The Hall–Kier alpha value is -1.06. The summed E-state index contributed by atoms with van der Waals surface area (Å²) < 4.78 is 0. The molecule has 0 heterocycles. The molecule has 0 radical (unpaired) electrons. The van der Waals surface area contributed by atoms with Crippen LogP contribution in [0.15, 0.2) is 24.3 Å². The molecule has 0 aliphatic heterocycles. The Morgan fingerprint density at radius 1 is 1.29 bits per heavy atom. The van der Waals surface area contributed by atoms with Crippen LogP contribution < -0.4 is 10.6 Å². The van der Waals surface area contributed by atoms with Gasteiger partial charge in [0.25, 0.3) is 0 Å². The number of anilines is 1. The van der Waals surface area contributed by atoms with E-state index in [1.165, 1.54) is 0 Å². The first kappa shape index (κ1) is 14.0. The number of hydrogen-bond donors (Lipinski definition) is 2. The number of nitrogens with zero attached hydrogens (tertiary/aromatic N) is 1. The SMILES string of the molecule is CC[C@H](N)c1ccccc1N(CCO)C(C)C. The molecule has 0 saturated carbocycles. The normalized spacial score (nSPS) is 12.8. The Kier molecular flexibility index (Phi) is 5.45. The summed E-state index contributed by atoms with van der Waals surface area (Å²) in [7, 11) is 0. The molecule has 0 bridgehead atoms. The van der Waals surface area contributed by atoms with E-state index in [1.54, 1.807) is 0 Å². The van der Waals surface area contributed by atoms with Crippen LogP contribution in [0, 0.1) is 0 Å². The van der Waals surface area contributed by atoms with Gasteiger partial charge in [-0.15, -0.1) is 0 Å². The maximum atomic E-state index is 9.16. The fourth-order valence-corrected chi connectivity index (χ4v) is 2.05. The number of aliphatic hydroxyl groups excluding tert-OH is 1. The molecule has 0 aliphatic carbocycles. The van der Waals surface area contributed by atoms with E-state index in [-0.39, 0.29) is 12.6 Å². The third kappa shape index (κ3) is 3.45. The van der Waals surface area contributed by atoms with E-state index < -0.39 is 0 Å². The Morgan fingerprint density at radius 3 is 2.47 bits per heavy atom. The Morgan fingerprint density at radius 2 is 1.94 bits per heavy atom. The van der Waals surface area contributed by atoms with Crippen LogP contribution >= 0.6 is 0 Å². The van der Waals surface area contributed by atoms with E-state index in [0.29, 0.717) is 12.6 Å². The van der Waals surface area contributed by atoms with Gasteiger partial charge in [-0.2, -0.15) is 0 Å². The molecule has 3 heteroatoms. The van der Waals surface area contributed by atoms with Crippen LogP contribution in [-0.4, -0.2) is 24.3 Å². The molecule has 0 aliphatic rings. The van der Waals surface area contributed by atoms with Crippen molar-refractivity contribution < 1.29 is 5.11 Å². The van der Waals surface area contributed by atoms with Crippen LogP contribution in [0.5, 0.6) is 0 Å². The van der Waals surface area contributed by atoms with Crippen molar-refractivity contribution in [2.45, 2.75) is 39.3 Å². The van der Waals surface area contributed by atoms with E-state index in [9.17, 15) is 0 Å². The van der Waals surface area contributed by atoms with Crippen LogP contribution in [-0.2, 0) is 0 Å². The lowest BCUT2D eigenvalue weighted by Gasteiger charge is -2.31. The monoisotopic (exact) mass is 236 g/mol. The quantitative estimate of drug-likeness (QED) is 0.797. The molecule has 1 aromatic carbocycles. The Bertz CT molecular complexity index is 339. The number of rotatable bonds is 6. The predicted octanol–water partition coefficient (Wildman–Crippen LogP) is 2.30. The summed E-state index contributed by atoms with van der Waals surface area (Å²) in [5.41, 5.74) is 8.45. The molecule has 17 heavy (non-hydrogen) atoms. The molecule has 1 aromatic rings. The third-order valence-electron chi connectivity index (χ3n) is 3.05. The summed E-state index contributed by atoms with van der Waals surface area (Å²) in [6.07, 6.45) is 0.919. The van der Waals surface area contributed by atoms with Gasteiger partial charge in [0.05, 0.1) is 6.61 Å². The minimum absolute atomic E-state index is 0.0612. The molecule has 1 atom stereocenters. The molecule has 0 spiro atoms. The molecule has 3 N–H and O–H groups in total. The van der Waals surface area contributed by atoms with Gasteiger partial charge in [-0.3, -0.25) is 0 Å². The van der Waals surface area contributed by atoms with Crippen molar-refractivity contribution >= 4 is 5.69 Å². The largest absolute Gasteiger partial charge is 0.395 e. The number of nitrogens with two attached hydrogens (primary N) is 1. The summed E-state index contributed by atoms with van der Waals surface area (Å²) in [4.78, 5) is 2.20. The molecule has 0 unspecified atom stereocenters. The van der Waals surface area contributed by atoms with E-state index in [1.807, 2.05) is 12.1 Å². The van der Waals surface area contributed by atoms with E-state index in [0.717, 1.165) is 17.7 Å². The highest BCUT2D eigenvalue weighted by atomic mass is 16.3. The van der Waals surface area contributed by atoms with Gasteiger partial charge in [-0.05, 0) is 31.9 Å². The van der Waals surface area contributed by atoms with Crippen LogP contribution in [0.3, 0.4) is 0 Å². The number of benzene rings is 1. The molecule has 0 amide bonds. The average molecular weight is 236 g/mol. The second-order valence-electron chi connectivity index (χ2n) is 4.58. The smallest absolute Gasteiger partial charge is 0.0606 e. The minimum Gasteiger partial charge on any atom is -0.395 e. The third-order valence-corrected chi connectivity index (χ3v) is 3.05. The molecule has 0 aromatic heterocycles. The number of para-hydroxylation sites is 1. The van der Waals surface area contributed by atoms with Gasteiger partial charge in [-0.1, -0.05) is 25.1 Å². The Labute approximate surface area is 104 Å². The Balaban J connectivity index is 3.09. The highest BCUT2D eigenvalue weighted by molar-refractivity contribution is 5.55. The topological polar surface area (TPSA) is 49.5 Å². The van der Waals surface area contributed by atoms with Crippen molar-refractivity contribution in [2.75, 3.05) is 18.1 Å². The number of hydrogen-bond acceptors (Lipinski definition) is 3. The number of aliphatic hydroxyl groups is 1. The van der Waals surface area contributed by atoms with Crippen molar-refractivity contribution in [3.63, 3.8) is 0 Å². The van der Waals surface area contributed by atoms with Gasteiger partial charge in [0.2, 0.25) is 0 Å². The summed E-state index contributed by atoms with van der Waals surface area (Å²) in [5, 5.41) is 9.16. The van der Waals surface area contributed by atoms with Gasteiger partial charge in [-0.25, -0.2) is 0 Å². The van der Waals surface area contributed by atoms with Gasteiger partial charge >= 0.3 is 0 Å². The molecular formula is C14H24N2O. The van der Waals surface area contributed by atoms with Crippen molar-refractivity contribution in [3.8, 4) is 0 Å². The van der Waals surface area contributed by atoms with Crippen molar-refractivity contribution in [3.05, 3.63) is 29.8 Å². The second kappa shape index (κ2) is 6.62. The second-order valence-corrected chi connectivity index (χ2v) is 4.58. The van der Waals surface area contributed by atoms with E-state index in [2.05, 4.69) is 37.8 Å². The first-order chi connectivity index (χ1) is 8.11. The molecular weight excluding hydrogens is 212 g/mol. The predicted molar refractivity (Wildman–Crippen MR) is 73.2 cm³/mol. The van der Waals surface area contributed by atoms with Gasteiger partial charge in [0.15, 0.2) is 0 Å². The lowest BCUT2D eigenvalue weighted by Crippen LogP contribution is -2.34. The molecule has 96 valence electrons. The van der Waals surface area contributed by atoms with Crippen molar-refractivity contribution in [2.24, 2.45) is 5.73 Å². The maximum Gasteiger partial charge on any atom is 0.0606 e. The molecule has 0 fully saturated rings. The van der Waals surface area contributed by atoms with Gasteiger partial charge < -0.3 is 15.7 Å².